The fourth-order valence-corrected chi connectivity index (χ4v) is 2.91. The predicted octanol–water partition coefficient (Wildman–Crippen LogP) is 2.65. The van der Waals surface area contributed by atoms with Gasteiger partial charge in [-0.25, -0.2) is 23.5 Å². The molecule has 2 aromatic rings. The molecule has 8 heteroatoms. The average molecular weight is 341 g/mol. The van der Waals surface area contributed by atoms with E-state index in [2.05, 4.69) is 15.3 Å². The van der Waals surface area contributed by atoms with Gasteiger partial charge in [0.2, 0.25) is 10.0 Å². The van der Waals surface area contributed by atoms with E-state index in [-0.39, 0.29) is 10.9 Å². The molecule has 0 saturated heterocycles. The molecule has 1 aromatic carbocycles. The minimum atomic E-state index is -3.73. The van der Waals surface area contributed by atoms with Crippen molar-refractivity contribution in [3.63, 3.8) is 0 Å². The molecule has 0 aliphatic rings. The van der Waals surface area contributed by atoms with Crippen LogP contribution in [0, 0.1) is 6.92 Å². The van der Waals surface area contributed by atoms with Gasteiger partial charge in [0, 0.05) is 6.07 Å². The summed E-state index contributed by atoms with van der Waals surface area (Å²) in [5.74, 6) is 1.15. The molecule has 3 N–H and O–H groups in total. The van der Waals surface area contributed by atoms with Gasteiger partial charge in [0.05, 0.1) is 10.9 Å². The Morgan fingerprint density at radius 1 is 1.32 bits per heavy atom. The first-order chi connectivity index (χ1) is 10.3. The van der Waals surface area contributed by atoms with Crippen molar-refractivity contribution in [3.8, 4) is 0 Å². The quantitative estimate of drug-likeness (QED) is 0.815. The SMILES string of the molecule is CC[C@@H](Nc1cc(Cl)nc(C)n1)c1cccc(S(N)(=O)=O)c1. The third-order valence-electron chi connectivity index (χ3n) is 3.13. The second-order valence-electron chi connectivity index (χ2n) is 4.85. The Kier molecular flexibility index (Phi) is 5.00. The highest BCUT2D eigenvalue weighted by atomic mass is 35.5. The number of nitrogens with two attached hydrogens (primary N) is 1. The summed E-state index contributed by atoms with van der Waals surface area (Å²) in [6.45, 7) is 3.73. The van der Waals surface area contributed by atoms with Crippen LogP contribution in [0.1, 0.15) is 30.8 Å². The molecule has 0 radical (unpaired) electrons. The van der Waals surface area contributed by atoms with Gasteiger partial charge in [0.25, 0.3) is 0 Å². The molecular weight excluding hydrogens is 324 g/mol. The van der Waals surface area contributed by atoms with Gasteiger partial charge in [-0.1, -0.05) is 30.7 Å². The molecule has 1 heterocycles. The zero-order valence-electron chi connectivity index (χ0n) is 12.2. The number of hydrogen-bond acceptors (Lipinski definition) is 5. The summed E-state index contributed by atoms with van der Waals surface area (Å²) in [5, 5.41) is 8.76. The summed E-state index contributed by atoms with van der Waals surface area (Å²) in [6.07, 6.45) is 0.731. The van der Waals surface area contributed by atoms with E-state index < -0.39 is 10.0 Å². The predicted molar refractivity (Wildman–Crippen MR) is 86.2 cm³/mol. The maximum atomic E-state index is 11.5. The second-order valence-corrected chi connectivity index (χ2v) is 6.79. The topological polar surface area (TPSA) is 98.0 Å². The third kappa shape index (κ3) is 4.16. The molecule has 0 amide bonds. The highest BCUT2D eigenvalue weighted by molar-refractivity contribution is 7.89. The molecule has 2 rings (SSSR count). The largest absolute Gasteiger partial charge is 0.363 e. The number of benzene rings is 1. The maximum Gasteiger partial charge on any atom is 0.238 e. The summed E-state index contributed by atoms with van der Waals surface area (Å²) in [7, 11) is -3.73. The number of halogens is 1. The number of rotatable bonds is 5. The van der Waals surface area contributed by atoms with Crippen molar-refractivity contribution in [2.75, 3.05) is 5.32 Å². The van der Waals surface area contributed by atoms with Gasteiger partial charge in [-0.15, -0.1) is 0 Å². The number of nitrogens with one attached hydrogen (secondary N) is 1. The van der Waals surface area contributed by atoms with Gasteiger partial charge < -0.3 is 5.32 Å². The van der Waals surface area contributed by atoms with Crippen LogP contribution in [-0.2, 0) is 10.0 Å². The van der Waals surface area contributed by atoms with E-state index in [0.29, 0.717) is 16.8 Å². The monoisotopic (exact) mass is 340 g/mol. The summed E-state index contributed by atoms with van der Waals surface area (Å²) in [6, 6.07) is 8.04. The number of anilines is 1. The lowest BCUT2D eigenvalue weighted by atomic mass is 10.0. The highest BCUT2D eigenvalue weighted by Gasteiger charge is 2.14. The van der Waals surface area contributed by atoms with E-state index in [1.807, 2.05) is 13.0 Å². The van der Waals surface area contributed by atoms with Crippen LogP contribution in [0.5, 0.6) is 0 Å². The molecule has 118 valence electrons. The molecule has 22 heavy (non-hydrogen) atoms. The van der Waals surface area contributed by atoms with Crippen LogP contribution in [0.4, 0.5) is 5.82 Å². The van der Waals surface area contributed by atoms with Gasteiger partial charge in [0.1, 0.15) is 16.8 Å². The number of aryl methyl sites for hydroxylation is 1. The van der Waals surface area contributed by atoms with Crippen molar-refractivity contribution >= 4 is 27.4 Å². The zero-order chi connectivity index (χ0) is 16.3. The Labute approximate surface area is 134 Å². The van der Waals surface area contributed by atoms with E-state index in [0.717, 1.165) is 12.0 Å². The second kappa shape index (κ2) is 6.60. The average Bonchev–Trinajstić information content (AvgIpc) is 2.43. The van der Waals surface area contributed by atoms with Crippen LogP contribution in [0.2, 0.25) is 5.15 Å². The molecule has 0 unspecified atom stereocenters. The lowest BCUT2D eigenvalue weighted by Crippen LogP contribution is -2.15. The molecule has 1 atom stereocenters. The van der Waals surface area contributed by atoms with E-state index in [9.17, 15) is 8.42 Å². The van der Waals surface area contributed by atoms with Gasteiger partial charge in [-0.05, 0) is 31.0 Å². The van der Waals surface area contributed by atoms with Gasteiger partial charge in [-0.3, -0.25) is 0 Å². The first kappa shape index (κ1) is 16.7. The van der Waals surface area contributed by atoms with E-state index in [4.69, 9.17) is 16.7 Å². The molecule has 6 nitrogen and oxygen atoms in total. The number of sulfonamides is 1. The van der Waals surface area contributed by atoms with E-state index in [1.54, 1.807) is 25.1 Å². The van der Waals surface area contributed by atoms with Crippen LogP contribution in [0.15, 0.2) is 35.2 Å². The van der Waals surface area contributed by atoms with Gasteiger partial charge in [-0.2, -0.15) is 0 Å². The molecule has 0 aliphatic heterocycles. The molecule has 0 fully saturated rings. The fourth-order valence-electron chi connectivity index (χ4n) is 2.11. The van der Waals surface area contributed by atoms with Crippen LogP contribution in [0.25, 0.3) is 0 Å². The standard InChI is InChI=1S/C14H17ClN4O2S/c1-3-12(19-14-8-13(15)17-9(2)18-14)10-5-4-6-11(7-10)22(16,20)21/h4-8,12H,3H2,1-2H3,(H2,16,20,21)(H,17,18,19)/t12-/m1/s1. The van der Waals surface area contributed by atoms with Crippen molar-refractivity contribution in [1.82, 2.24) is 9.97 Å². The number of hydrogen-bond donors (Lipinski definition) is 2. The first-order valence-electron chi connectivity index (χ1n) is 6.70. The Hall–Kier alpha value is -1.70. The lowest BCUT2D eigenvalue weighted by Gasteiger charge is -2.19. The molecule has 0 saturated carbocycles. The summed E-state index contributed by atoms with van der Waals surface area (Å²) < 4.78 is 22.9. The van der Waals surface area contributed by atoms with Crippen molar-refractivity contribution in [1.29, 1.82) is 0 Å². The van der Waals surface area contributed by atoms with Gasteiger partial charge >= 0.3 is 0 Å². The minimum Gasteiger partial charge on any atom is -0.363 e. The maximum absolute atomic E-state index is 11.5. The zero-order valence-corrected chi connectivity index (χ0v) is 13.8. The third-order valence-corrected chi connectivity index (χ3v) is 4.23. The van der Waals surface area contributed by atoms with Crippen LogP contribution >= 0.6 is 11.6 Å². The number of aromatic nitrogens is 2. The van der Waals surface area contributed by atoms with Crippen molar-refractivity contribution in [2.45, 2.75) is 31.2 Å². The first-order valence-corrected chi connectivity index (χ1v) is 8.62. The lowest BCUT2D eigenvalue weighted by molar-refractivity contribution is 0.597. The van der Waals surface area contributed by atoms with Crippen molar-refractivity contribution in [2.24, 2.45) is 5.14 Å². The Morgan fingerprint density at radius 2 is 2.05 bits per heavy atom. The van der Waals surface area contributed by atoms with Crippen molar-refractivity contribution < 1.29 is 8.42 Å². The molecule has 0 spiro atoms. The van der Waals surface area contributed by atoms with Crippen LogP contribution in [-0.4, -0.2) is 18.4 Å². The minimum absolute atomic E-state index is 0.0853. The Morgan fingerprint density at radius 3 is 2.64 bits per heavy atom. The highest BCUT2D eigenvalue weighted by Crippen LogP contribution is 2.24. The Bertz CT molecular complexity index is 760. The van der Waals surface area contributed by atoms with Crippen LogP contribution in [0.3, 0.4) is 0 Å². The number of primary sulfonamides is 1. The molecule has 0 aliphatic carbocycles. The summed E-state index contributed by atoms with van der Waals surface area (Å²) in [5.41, 5.74) is 0.807. The van der Waals surface area contributed by atoms with Gasteiger partial charge in [0.15, 0.2) is 0 Å². The number of nitrogens with zero attached hydrogens (tertiary/aromatic N) is 2. The van der Waals surface area contributed by atoms with Crippen molar-refractivity contribution in [3.05, 3.63) is 46.9 Å². The molecule has 0 bridgehead atoms. The van der Waals surface area contributed by atoms with E-state index in [1.165, 1.54) is 6.07 Å². The fraction of sp³-hybridized carbons (Fsp3) is 0.286. The molecular formula is C14H17ClN4O2S. The van der Waals surface area contributed by atoms with E-state index >= 15 is 0 Å². The van der Waals surface area contributed by atoms with Crippen LogP contribution < -0.4 is 10.5 Å². The summed E-state index contributed by atoms with van der Waals surface area (Å²) in [4.78, 5) is 8.36. The molecule has 1 aromatic heterocycles. The summed E-state index contributed by atoms with van der Waals surface area (Å²) >= 11 is 5.92. The normalized spacial score (nSPS) is 12.9. The Balaban J connectivity index is 2.32. The smallest absolute Gasteiger partial charge is 0.238 e.